The second-order valence-corrected chi connectivity index (χ2v) is 8.50. The number of nitrogens with two attached hydrogens (primary N) is 3. The number of carbonyl (C=O) groups excluding carboxylic acids is 3. The average Bonchev–Trinajstić information content (AvgIpc) is 2.71. The molecule has 0 bridgehead atoms. The standard InChI is InChI=1S/C21H42N6O5/c1-13(2)12-17(20(30)25-14(3)21(31)32)27-19(29)16(9-5-7-11-23)26-18(28)15(24)8-4-6-10-22/h13-17H,4-12,22-24H2,1-3H3,(H,25,30)(H,26,28)(H,27,29)(H,31,32). The van der Waals surface area contributed by atoms with E-state index in [9.17, 15) is 19.2 Å². The number of unbranched alkanes of at least 4 members (excludes halogenated alkanes) is 2. The molecule has 4 atom stereocenters. The molecule has 3 amide bonds. The molecule has 0 aromatic carbocycles. The van der Waals surface area contributed by atoms with Crippen molar-refractivity contribution >= 4 is 23.7 Å². The highest BCUT2D eigenvalue weighted by Gasteiger charge is 2.29. The SMILES string of the molecule is CC(C)CC(NC(=O)C(CCCCN)NC(=O)C(N)CCCCN)C(=O)NC(C)C(=O)O. The first-order valence-corrected chi connectivity index (χ1v) is 11.3. The van der Waals surface area contributed by atoms with Gasteiger partial charge >= 0.3 is 5.97 Å². The zero-order chi connectivity index (χ0) is 24.7. The van der Waals surface area contributed by atoms with Crippen LogP contribution in [0.4, 0.5) is 0 Å². The zero-order valence-corrected chi connectivity index (χ0v) is 19.6. The van der Waals surface area contributed by atoms with Gasteiger partial charge in [-0.1, -0.05) is 20.3 Å². The van der Waals surface area contributed by atoms with E-state index in [1.54, 1.807) is 0 Å². The summed E-state index contributed by atoms with van der Waals surface area (Å²) >= 11 is 0. The quantitative estimate of drug-likeness (QED) is 0.137. The molecule has 0 aliphatic rings. The van der Waals surface area contributed by atoms with E-state index < -0.39 is 47.9 Å². The molecule has 0 fully saturated rings. The van der Waals surface area contributed by atoms with Gasteiger partial charge in [-0.3, -0.25) is 19.2 Å². The van der Waals surface area contributed by atoms with Gasteiger partial charge in [-0.25, -0.2) is 0 Å². The number of hydrogen-bond donors (Lipinski definition) is 7. The van der Waals surface area contributed by atoms with Gasteiger partial charge in [0.1, 0.15) is 18.1 Å². The van der Waals surface area contributed by atoms with E-state index in [2.05, 4.69) is 16.0 Å². The van der Waals surface area contributed by atoms with E-state index >= 15 is 0 Å². The summed E-state index contributed by atoms with van der Waals surface area (Å²) in [6.45, 7) is 6.07. The smallest absolute Gasteiger partial charge is 0.325 e. The van der Waals surface area contributed by atoms with Crippen molar-refractivity contribution in [3.05, 3.63) is 0 Å². The van der Waals surface area contributed by atoms with Crippen molar-refractivity contribution in [3.8, 4) is 0 Å². The predicted molar refractivity (Wildman–Crippen MR) is 122 cm³/mol. The summed E-state index contributed by atoms with van der Waals surface area (Å²) < 4.78 is 0. The van der Waals surface area contributed by atoms with Crippen LogP contribution in [0.1, 0.15) is 65.7 Å². The fraction of sp³-hybridized carbons (Fsp3) is 0.810. The van der Waals surface area contributed by atoms with Crippen LogP contribution in [0.15, 0.2) is 0 Å². The summed E-state index contributed by atoms with van der Waals surface area (Å²) in [7, 11) is 0. The Morgan fingerprint density at radius 3 is 1.75 bits per heavy atom. The van der Waals surface area contributed by atoms with Crippen LogP contribution < -0.4 is 33.2 Å². The maximum atomic E-state index is 13.0. The minimum Gasteiger partial charge on any atom is -0.480 e. The largest absolute Gasteiger partial charge is 0.480 e. The van der Waals surface area contributed by atoms with Gasteiger partial charge < -0.3 is 38.3 Å². The van der Waals surface area contributed by atoms with Gasteiger partial charge in [0.2, 0.25) is 17.7 Å². The topological polar surface area (TPSA) is 203 Å². The minimum absolute atomic E-state index is 0.0624. The Morgan fingerprint density at radius 1 is 0.750 bits per heavy atom. The lowest BCUT2D eigenvalue weighted by atomic mass is 10.0. The van der Waals surface area contributed by atoms with Crippen molar-refractivity contribution in [1.82, 2.24) is 16.0 Å². The number of hydrogen-bond acceptors (Lipinski definition) is 7. The highest BCUT2D eigenvalue weighted by Crippen LogP contribution is 2.08. The van der Waals surface area contributed by atoms with E-state index in [0.29, 0.717) is 51.6 Å². The summed E-state index contributed by atoms with van der Waals surface area (Å²) in [5, 5.41) is 16.8. The fourth-order valence-corrected chi connectivity index (χ4v) is 3.03. The lowest BCUT2D eigenvalue weighted by Gasteiger charge is -2.25. The monoisotopic (exact) mass is 458 g/mol. The van der Waals surface area contributed by atoms with Crippen LogP contribution in [0.25, 0.3) is 0 Å². The third-order valence-corrected chi connectivity index (χ3v) is 4.96. The number of amides is 3. The third kappa shape index (κ3) is 12.6. The molecule has 10 N–H and O–H groups in total. The Bertz CT molecular complexity index is 601. The van der Waals surface area contributed by atoms with Crippen molar-refractivity contribution in [2.75, 3.05) is 13.1 Å². The first-order valence-electron chi connectivity index (χ1n) is 11.3. The van der Waals surface area contributed by atoms with Gasteiger partial charge in [-0.05, 0) is 64.5 Å². The van der Waals surface area contributed by atoms with Crippen LogP contribution in [-0.4, -0.2) is 66.1 Å². The molecular weight excluding hydrogens is 416 g/mol. The average molecular weight is 459 g/mol. The first kappa shape index (κ1) is 29.8. The number of aliphatic carboxylic acids is 1. The molecule has 0 aliphatic heterocycles. The van der Waals surface area contributed by atoms with E-state index in [4.69, 9.17) is 22.3 Å². The van der Waals surface area contributed by atoms with E-state index in [1.807, 2.05) is 13.8 Å². The molecule has 0 aliphatic carbocycles. The lowest BCUT2D eigenvalue weighted by Crippen LogP contribution is -2.57. The van der Waals surface area contributed by atoms with Gasteiger partial charge in [0.15, 0.2) is 0 Å². The van der Waals surface area contributed by atoms with E-state index in [1.165, 1.54) is 6.92 Å². The molecule has 11 heteroatoms. The van der Waals surface area contributed by atoms with Crippen LogP contribution in [-0.2, 0) is 19.2 Å². The predicted octanol–water partition coefficient (Wildman–Crippen LogP) is -0.823. The number of carboxylic acid groups (broad SMARTS) is 1. The summed E-state index contributed by atoms with van der Waals surface area (Å²) in [5.74, 6) is -2.67. The van der Waals surface area contributed by atoms with Gasteiger partial charge in [-0.15, -0.1) is 0 Å². The van der Waals surface area contributed by atoms with Crippen molar-refractivity contribution in [1.29, 1.82) is 0 Å². The van der Waals surface area contributed by atoms with Crippen molar-refractivity contribution in [3.63, 3.8) is 0 Å². The number of carbonyl (C=O) groups is 4. The summed E-state index contributed by atoms with van der Waals surface area (Å²) in [6.07, 6.45) is 3.84. The second-order valence-electron chi connectivity index (χ2n) is 8.50. The Morgan fingerprint density at radius 2 is 1.25 bits per heavy atom. The van der Waals surface area contributed by atoms with Gasteiger partial charge in [0.05, 0.1) is 6.04 Å². The van der Waals surface area contributed by atoms with Gasteiger partial charge in [-0.2, -0.15) is 0 Å². The maximum Gasteiger partial charge on any atom is 0.325 e. The molecule has 186 valence electrons. The van der Waals surface area contributed by atoms with Crippen LogP contribution in [0.5, 0.6) is 0 Å². The van der Waals surface area contributed by atoms with Gasteiger partial charge in [0, 0.05) is 0 Å². The van der Waals surface area contributed by atoms with Crippen LogP contribution in [0, 0.1) is 5.92 Å². The van der Waals surface area contributed by atoms with Crippen LogP contribution in [0.3, 0.4) is 0 Å². The van der Waals surface area contributed by atoms with E-state index in [-0.39, 0.29) is 5.92 Å². The summed E-state index contributed by atoms with van der Waals surface area (Å²) in [4.78, 5) is 49.1. The molecule has 0 spiro atoms. The zero-order valence-electron chi connectivity index (χ0n) is 19.6. The summed E-state index contributed by atoms with van der Waals surface area (Å²) in [5.41, 5.74) is 16.9. The number of nitrogens with one attached hydrogen (secondary N) is 3. The Balaban J connectivity index is 5.26. The molecule has 0 saturated carbocycles. The molecule has 0 aromatic rings. The van der Waals surface area contributed by atoms with Crippen molar-refractivity contribution in [2.24, 2.45) is 23.1 Å². The Labute approximate surface area is 190 Å². The van der Waals surface area contributed by atoms with Crippen LogP contribution >= 0.6 is 0 Å². The summed E-state index contributed by atoms with van der Waals surface area (Å²) in [6, 6.07) is -3.68. The minimum atomic E-state index is -1.18. The van der Waals surface area contributed by atoms with E-state index in [0.717, 1.165) is 6.42 Å². The third-order valence-electron chi connectivity index (χ3n) is 4.96. The molecule has 32 heavy (non-hydrogen) atoms. The lowest BCUT2D eigenvalue weighted by molar-refractivity contribution is -0.142. The molecule has 4 unspecified atom stereocenters. The Kier molecular flexibility index (Phi) is 15.3. The van der Waals surface area contributed by atoms with Crippen molar-refractivity contribution in [2.45, 2.75) is 89.9 Å². The maximum absolute atomic E-state index is 13.0. The molecular formula is C21H42N6O5. The normalized spacial score (nSPS) is 14.8. The fourth-order valence-electron chi connectivity index (χ4n) is 3.03. The Hall–Kier alpha value is -2.24. The second kappa shape index (κ2) is 16.4. The molecule has 0 aromatic heterocycles. The van der Waals surface area contributed by atoms with Gasteiger partial charge in [0.25, 0.3) is 0 Å². The number of carboxylic acids is 1. The number of rotatable bonds is 17. The van der Waals surface area contributed by atoms with Crippen molar-refractivity contribution < 1.29 is 24.3 Å². The highest BCUT2D eigenvalue weighted by molar-refractivity contribution is 5.94. The molecule has 11 nitrogen and oxygen atoms in total. The molecule has 0 heterocycles. The van der Waals surface area contributed by atoms with Crippen LogP contribution in [0.2, 0.25) is 0 Å². The molecule has 0 rings (SSSR count). The molecule has 0 saturated heterocycles. The highest BCUT2D eigenvalue weighted by atomic mass is 16.4. The first-order chi connectivity index (χ1) is 15.0. The molecule has 0 radical (unpaired) electrons.